The van der Waals surface area contributed by atoms with Crippen LogP contribution >= 0.6 is 42.6 Å². The lowest BCUT2D eigenvalue weighted by Gasteiger charge is -2.26. The second-order valence-electron chi connectivity index (χ2n) is 2.50. The number of ether oxygens (including phenoxy) is 1. The molecule has 0 aliphatic rings. The van der Waals surface area contributed by atoms with Gasteiger partial charge in [0.1, 0.15) is 0 Å². The maximum Gasteiger partial charge on any atom is 0.477 e. The fourth-order valence-electron chi connectivity index (χ4n) is 0.768. The first-order valence-electron chi connectivity index (χ1n) is 4.46. The van der Waals surface area contributed by atoms with Gasteiger partial charge in [0.05, 0.1) is 13.2 Å². The third kappa shape index (κ3) is 6.03. The number of hydrogen-bond donors (Lipinski definition) is 0. The first kappa shape index (κ1) is 16.9. The lowest BCUT2D eigenvalue weighted by atomic mass is 10.7. The van der Waals surface area contributed by atoms with Crippen LogP contribution < -0.4 is 0 Å². The summed E-state index contributed by atoms with van der Waals surface area (Å²) in [6.07, 6.45) is -1.35. The highest BCUT2D eigenvalue weighted by molar-refractivity contribution is 7.48. The van der Waals surface area contributed by atoms with Gasteiger partial charge in [-0.25, -0.2) is 4.57 Å². The molecule has 0 rings (SSSR count). The molecular formula is C7H14Cl3O5P. The predicted molar refractivity (Wildman–Crippen MR) is 63.0 cm³/mol. The molecule has 0 fully saturated rings. The molecule has 0 heterocycles. The molecule has 1 unspecified atom stereocenters. The summed E-state index contributed by atoms with van der Waals surface area (Å²) in [5.74, 6) is 0. The van der Waals surface area contributed by atoms with Crippen molar-refractivity contribution in [1.82, 2.24) is 0 Å². The minimum Gasteiger partial charge on any atom is -0.352 e. The third-order valence-electron chi connectivity index (χ3n) is 1.28. The van der Waals surface area contributed by atoms with Gasteiger partial charge in [-0.15, -0.1) is 0 Å². The number of halogens is 3. The summed E-state index contributed by atoms with van der Waals surface area (Å²) in [5.41, 5.74) is 0. The Hall–Kier alpha value is 0.940. The first-order valence-corrected chi connectivity index (χ1v) is 7.05. The summed E-state index contributed by atoms with van der Waals surface area (Å²) in [7, 11) is -2.52. The molecular weight excluding hydrogens is 301 g/mol. The molecule has 0 aliphatic heterocycles. The Morgan fingerprint density at radius 2 is 1.62 bits per heavy atom. The van der Waals surface area contributed by atoms with Crippen molar-refractivity contribution in [2.75, 3.05) is 20.3 Å². The summed E-state index contributed by atoms with van der Waals surface area (Å²) in [4.78, 5) is 0. The van der Waals surface area contributed by atoms with Crippen molar-refractivity contribution in [3.63, 3.8) is 0 Å². The summed E-state index contributed by atoms with van der Waals surface area (Å²) < 4.78 is 29.4. The number of rotatable bonds is 7. The van der Waals surface area contributed by atoms with E-state index in [-0.39, 0.29) is 13.2 Å². The Kier molecular flexibility index (Phi) is 7.83. The molecule has 0 aromatic carbocycles. The van der Waals surface area contributed by atoms with Crippen molar-refractivity contribution in [2.24, 2.45) is 0 Å². The highest BCUT2D eigenvalue weighted by atomic mass is 35.6. The number of alkyl halides is 3. The molecule has 16 heavy (non-hydrogen) atoms. The lowest BCUT2D eigenvalue weighted by Crippen LogP contribution is -2.30. The van der Waals surface area contributed by atoms with Crippen molar-refractivity contribution in [3.8, 4) is 0 Å². The zero-order valence-corrected chi connectivity index (χ0v) is 12.3. The Labute approximate surface area is 110 Å². The number of methoxy groups -OCH3 is 1. The zero-order chi connectivity index (χ0) is 12.8. The highest BCUT2D eigenvalue weighted by Crippen LogP contribution is 2.53. The summed E-state index contributed by atoms with van der Waals surface area (Å²) >= 11 is 16.7. The van der Waals surface area contributed by atoms with Gasteiger partial charge in [0.15, 0.2) is 0 Å². The Bertz CT molecular complexity index is 235. The zero-order valence-electron chi connectivity index (χ0n) is 9.11. The van der Waals surface area contributed by atoms with Crippen LogP contribution in [0.15, 0.2) is 0 Å². The molecule has 0 aromatic rings. The highest BCUT2D eigenvalue weighted by Gasteiger charge is 2.41. The van der Waals surface area contributed by atoms with Crippen LogP contribution in [0.4, 0.5) is 0 Å². The van der Waals surface area contributed by atoms with Crippen molar-refractivity contribution in [1.29, 1.82) is 0 Å². The van der Waals surface area contributed by atoms with E-state index in [1.807, 2.05) is 0 Å². The molecule has 0 aromatic heterocycles. The molecule has 0 bridgehead atoms. The van der Waals surface area contributed by atoms with Gasteiger partial charge in [-0.05, 0) is 13.8 Å². The van der Waals surface area contributed by atoms with Gasteiger partial charge in [-0.2, -0.15) is 0 Å². The standard InChI is InChI=1S/C7H14Cl3O5P/c1-4-13-16(11,14-5-2)15-6(12-3)7(8,9)10/h6H,4-5H2,1-3H3. The van der Waals surface area contributed by atoms with Crippen LogP contribution in [0.2, 0.25) is 0 Å². The van der Waals surface area contributed by atoms with Gasteiger partial charge >= 0.3 is 7.82 Å². The van der Waals surface area contributed by atoms with E-state index in [4.69, 9.17) is 53.1 Å². The largest absolute Gasteiger partial charge is 0.477 e. The monoisotopic (exact) mass is 314 g/mol. The van der Waals surface area contributed by atoms with Crippen LogP contribution in [0.3, 0.4) is 0 Å². The van der Waals surface area contributed by atoms with Crippen LogP contribution in [0.5, 0.6) is 0 Å². The average molecular weight is 316 g/mol. The molecule has 9 heteroatoms. The summed E-state index contributed by atoms with van der Waals surface area (Å²) in [6.45, 7) is 3.53. The van der Waals surface area contributed by atoms with Crippen LogP contribution in [0.25, 0.3) is 0 Å². The van der Waals surface area contributed by atoms with Crippen molar-refractivity contribution in [2.45, 2.75) is 23.9 Å². The van der Waals surface area contributed by atoms with E-state index in [2.05, 4.69) is 0 Å². The molecule has 5 nitrogen and oxygen atoms in total. The second-order valence-corrected chi connectivity index (χ2v) is 6.49. The van der Waals surface area contributed by atoms with Gasteiger partial charge < -0.3 is 4.74 Å². The fraction of sp³-hybridized carbons (Fsp3) is 1.00. The van der Waals surface area contributed by atoms with Crippen LogP contribution in [-0.4, -0.2) is 30.4 Å². The SMILES string of the molecule is CCOP(=O)(OCC)OC(OC)C(Cl)(Cl)Cl. The molecule has 98 valence electrons. The van der Waals surface area contributed by atoms with Gasteiger partial charge in [0.2, 0.25) is 10.1 Å². The van der Waals surface area contributed by atoms with E-state index in [1.54, 1.807) is 13.8 Å². The Morgan fingerprint density at radius 1 is 1.19 bits per heavy atom. The van der Waals surface area contributed by atoms with Crippen molar-refractivity contribution in [3.05, 3.63) is 0 Å². The minimum atomic E-state index is -3.77. The van der Waals surface area contributed by atoms with Gasteiger partial charge in [-0.3, -0.25) is 13.6 Å². The topological polar surface area (TPSA) is 54.0 Å². The number of hydrogen-bond acceptors (Lipinski definition) is 5. The third-order valence-corrected chi connectivity index (χ3v) is 3.41. The fourth-order valence-corrected chi connectivity index (χ4v) is 2.66. The van der Waals surface area contributed by atoms with E-state index >= 15 is 0 Å². The second kappa shape index (κ2) is 7.39. The molecule has 0 radical (unpaired) electrons. The molecule has 0 N–H and O–H groups in total. The number of phosphoric ester groups is 1. The maximum atomic E-state index is 11.9. The Morgan fingerprint density at radius 3 is 1.88 bits per heavy atom. The van der Waals surface area contributed by atoms with Crippen LogP contribution in [0.1, 0.15) is 13.8 Å². The van der Waals surface area contributed by atoms with Gasteiger partial charge in [0.25, 0.3) is 0 Å². The normalized spacial score (nSPS) is 15.1. The molecule has 0 saturated carbocycles. The van der Waals surface area contributed by atoms with Gasteiger partial charge in [0, 0.05) is 7.11 Å². The first-order chi connectivity index (χ1) is 7.29. The predicted octanol–water partition coefficient (Wildman–Crippen LogP) is 3.53. The lowest BCUT2D eigenvalue weighted by molar-refractivity contribution is -0.0726. The molecule has 0 spiro atoms. The van der Waals surface area contributed by atoms with E-state index in [0.717, 1.165) is 0 Å². The van der Waals surface area contributed by atoms with Gasteiger partial charge in [-0.1, -0.05) is 34.8 Å². The summed E-state index contributed by atoms with van der Waals surface area (Å²) in [5, 5.41) is 0. The average Bonchev–Trinajstić information content (AvgIpc) is 2.13. The molecule has 1 atom stereocenters. The van der Waals surface area contributed by atoms with Crippen LogP contribution in [0, 0.1) is 0 Å². The van der Waals surface area contributed by atoms with E-state index in [9.17, 15) is 4.57 Å². The minimum absolute atomic E-state index is 0.133. The molecule has 0 aliphatic carbocycles. The number of phosphoric acid groups is 1. The Balaban J connectivity index is 4.66. The maximum absolute atomic E-state index is 11.9. The quantitative estimate of drug-likeness (QED) is 0.409. The van der Waals surface area contributed by atoms with Crippen molar-refractivity contribution < 1.29 is 22.9 Å². The summed E-state index contributed by atoms with van der Waals surface area (Å²) in [6, 6.07) is 0. The van der Waals surface area contributed by atoms with E-state index in [1.165, 1.54) is 7.11 Å². The molecule has 0 amide bonds. The van der Waals surface area contributed by atoms with Crippen molar-refractivity contribution >= 4 is 42.6 Å². The smallest absolute Gasteiger partial charge is 0.352 e. The van der Waals surface area contributed by atoms with E-state index in [0.29, 0.717) is 0 Å². The van der Waals surface area contributed by atoms with E-state index < -0.39 is 17.9 Å². The van der Waals surface area contributed by atoms with Crippen LogP contribution in [-0.2, 0) is 22.9 Å². The molecule has 0 saturated heterocycles.